The largest absolute Gasteiger partial charge is 0.486 e. The van der Waals surface area contributed by atoms with Gasteiger partial charge in [-0.3, -0.25) is 4.79 Å². The number of hydrogen-bond donors (Lipinski definition) is 1. The summed E-state index contributed by atoms with van der Waals surface area (Å²) in [6.07, 6.45) is 0. The van der Waals surface area contributed by atoms with E-state index in [0.717, 1.165) is 33.3 Å². The van der Waals surface area contributed by atoms with E-state index in [-0.39, 0.29) is 17.9 Å². The van der Waals surface area contributed by atoms with Crippen molar-refractivity contribution in [2.45, 2.75) is 25.6 Å². The SMILES string of the molecule is CC(C)C(NC(=O)CSCc1nc2ccccc2s1)c1ccc2c(c1)OCCO2. The molecule has 1 amide bonds. The highest BCUT2D eigenvalue weighted by atomic mass is 32.2. The maximum atomic E-state index is 12.6. The molecule has 1 aromatic heterocycles. The standard InChI is InChI=1S/C22H24N2O3S2/c1-14(2)22(15-7-8-17-18(11-15)27-10-9-26-17)24-20(25)12-28-13-21-23-16-5-3-4-6-19(16)29-21/h3-8,11,14,22H,9-10,12-13H2,1-2H3,(H,24,25). The van der Waals surface area contributed by atoms with Gasteiger partial charge < -0.3 is 14.8 Å². The lowest BCUT2D eigenvalue weighted by Gasteiger charge is -2.25. The van der Waals surface area contributed by atoms with Crippen molar-refractivity contribution in [2.75, 3.05) is 19.0 Å². The van der Waals surface area contributed by atoms with Crippen LogP contribution in [-0.2, 0) is 10.5 Å². The first-order chi connectivity index (χ1) is 14.1. The Morgan fingerprint density at radius 1 is 1.17 bits per heavy atom. The average molecular weight is 429 g/mol. The van der Waals surface area contributed by atoms with Crippen LogP contribution >= 0.6 is 23.1 Å². The van der Waals surface area contributed by atoms with Gasteiger partial charge in [-0.25, -0.2) is 4.98 Å². The van der Waals surface area contributed by atoms with Crippen molar-refractivity contribution in [3.8, 4) is 11.5 Å². The third-order valence-corrected chi connectivity index (χ3v) is 6.87. The summed E-state index contributed by atoms with van der Waals surface area (Å²) in [6.45, 7) is 5.34. The van der Waals surface area contributed by atoms with Crippen LogP contribution in [0.5, 0.6) is 11.5 Å². The molecule has 7 heteroatoms. The van der Waals surface area contributed by atoms with Gasteiger partial charge in [0.25, 0.3) is 0 Å². The van der Waals surface area contributed by atoms with Gasteiger partial charge in [0.05, 0.1) is 22.0 Å². The Hall–Kier alpha value is -2.25. The molecule has 1 atom stereocenters. The van der Waals surface area contributed by atoms with Crippen LogP contribution in [0, 0.1) is 5.92 Å². The second kappa shape index (κ2) is 9.05. The maximum absolute atomic E-state index is 12.6. The van der Waals surface area contributed by atoms with E-state index in [9.17, 15) is 4.79 Å². The number of rotatable bonds is 7. The van der Waals surface area contributed by atoms with Gasteiger partial charge in [0.2, 0.25) is 5.91 Å². The molecule has 1 aliphatic heterocycles. The number of para-hydroxylation sites is 1. The summed E-state index contributed by atoms with van der Waals surface area (Å²) in [5.41, 5.74) is 2.06. The Kier molecular flexibility index (Phi) is 6.25. The number of benzene rings is 2. The lowest BCUT2D eigenvalue weighted by atomic mass is 9.95. The molecule has 0 radical (unpaired) electrons. The average Bonchev–Trinajstić information content (AvgIpc) is 3.14. The van der Waals surface area contributed by atoms with Crippen LogP contribution in [0.1, 0.15) is 30.5 Å². The number of ether oxygens (including phenoxy) is 2. The van der Waals surface area contributed by atoms with E-state index in [1.54, 1.807) is 23.1 Å². The molecule has 152 valence electrons. The molecule has 1 unspecified atom stereocenters. The summed E-state index contributed by atoms with van der Waals surface area (Å²) in [6, 6.07) is 14.0. The molecular formula is C22H24N2O3S2. The number of fused-ring (bicyclic) bond motifs is 2. The zero-order valence-electron chi connectivity index (χ0n) is 16.5. The van der Waals surface area contributed by atoms with Crippen molar-refractivity contribution in [1.29, 1.82) is 0 Å². The zero-order chi connectivity index (χ0) is 20.2. The van der Waals surface area contributed by atoms with E-state index in [1.165, 1.54) is 4.70 Å². The summed E-state index contributed by atoms with van der Waals surface area (Å²) >= 11 is 3.28. The van der Waals surface area contributed by atoms with Gasteiger partial charge in [0.1, 0.15) is 18.2 Å². The number of hydrogen-bond acceptors (Lipinski definition) is 6. The predicted octanol–water partition coefficient (Wildman–Crippen LogP) is 4.81. The number of carbonyl (C=O) groups excluding carboxylic acids is 1. The Morgan fingerprint density at radius 3 is 2.76 bits per heavy atom. The number of thiazole rings is 1. The number of nitrogens with zero attached hydrogens (tertiary/aromatic N) is 1. The van der Waals surface area contributed by atoms with Crippen molar-refractivity contribution < 1.29 is 14.3 Å². The minimum absolute atomic E-state index is 0.0321. The topological polar surface area (TPSA) is 60.5 Å². The van der Waals surface area contributed by atoms with Crippen molar-refractivity contribution in [3.63, 3.8) is 0 Å². The predicted molar refractivity (Wildman–Crippen MR) is 119 cm³/mol. The first-order valence-electron chi connectivity index (χ1n) is 9.71. The molecule has 1 aliphatic rings. The van der Waals surface area contributed by atoms with Gasteiger partial charge in [-0.1, -0.05) is 32.0 Å². The third-order valence-electron chi connectivity index (χ3n) is 4.71. The summed E-state index contributed by atoms with van der Waals surface area (Å²) in [5.74, 6) is 2.95. The maximum Gasteiger partial charge on any atom is 0.230 e. The Bertz CT molecular complexity index is 970. The molecule has 0 aliphatic carbocycles. The molecule has 0 bridgehead atoms. The zero-order valence-corrected chi connectivity index (χ0v) is 18.1. The van der Waals surface area contributed by atoms with E-state index >= 15 is 0 Å². The molecule has 1 N–H and O–H groups in total. The van der Waals surface area contributed by atoms with Crippen LogP contribution in [0.15, 0.2) is 42.5 Å². The Labute approximate surface area is 178 Å². The van der Waals surface area contributed by atoms with Crippen molar-refractivity contribution in [3.05, 3.63) is 53.0 Å². The second-order valence-corrected chi connectivity index (χ2v) is 9.36. The van der Waals surface area contributed by atoms with E-state index in [1.807, 2.05) is 36.4 Å². The molecule has 0 saturated heterocycles. The van der Waals surface area contributed by atoms with Crippen LogP contribution in [0.2, 0.25) is 0 Å². The second-order valence-electron chi connectivity index (χ2n) is 7.26. The fourth-order valence-electron chi connectivity index (χ4n) is 3.32. The minimum Gasteiger partial charge on any atom is -0.486 e. The number of aromatic nitrogens is 1. The Morgan fingerprint density at radius 2 is 1.97 bits per heavy atom. The highest BCUT2D eigenvalue weighted by Crippen LogP contribution is 2.34. The lowest BCUT2D eigenvalue weighted by molar-refractivity contribution is -0.119. The smallest absolute Gasteiger partial charge is 0.230 e. The van der Waals surface area contributed by atoms with Gasteiger partial charge in [0, 0.05) is 5.75 Å². The number of carbonyl (C=O) groups is 1. The van der Waals surface area contributed by atoms with Gasteiger partial charge in [-0.05, 0) is 35.7 Å². The highest BCUT2D eigenvalue weighted by Gasteiger charge is 2.21. The molecule has 5 nitrogen and oxygen atoms in total. The molecule has 2 heterocycles. The normalized spacial score (nSPS) is 14.2. The molecule has 3 aromatic rings. The van der Waals surface area contributed by atoms with Gasteiger partial charge in [-0.2, -0.15) is 0 Å². The van der Waals surface area contributed by atoms with Gasteiger partial charge in [-0.15, -0.1) is 23.1 Å². The summed E-state index contributed by atoms with van der Waals surface area (Å²) in [5, 5.41) is 4.23. The lowest BCUT2D eigenvalue weighted by Crippen LogP contribution is -2.33. The molecule has 0 saturated carbocycles. The first kappa shape index (κ1) is 20.0. The van der Waals surface area contributed by atoms with Crippen molar-refractivity contribution in [1.82, 2.24) is 10.3 Å². The van der Waals surface area contributed by atoms with E-state index < -0.39 is 0 Å². The molecule has 0 spiro atoms. The molecule has 4 rings (SSSR count). The quantitative estimate of drug-likeness (QED) is 0.585. The molecule has 29 heavy (non-hydrogen) atoms. The van der Waals surface area contributed by atoms with Crippen LogP contribution in [0.4, 0.5) is 0 Å². The van der Waals surface area contributed by atoms with Crippen LogP contribution in [0.3, 0.4) is 0 Å². The highest BCUT2D eigenvalue weighted by molar-refractivity contribution is 7.99. The summed E-state index contributed by atoms with van der Waals surface area (Å²) < 4.78 is 12.5. The summed E-state index contributed by atoms with van der Waals surface area (Å²) in [7, 11) is 0. The monoisotopic (exact) mass is 428 g/mol. The summed E-state index contributed by atoms with van der Waals surface area (Å²) in [4.78, 5) is 17.2. The molecular weight excluding hydrogens is 404 g/mol. The number of thioether (sulfide) groups is 1. The van der Waals surface area contributed by atoms with Crippen LogP contribution in [-0.4, -0.2) is 29.9 Å². The fraction of sp³-hybridized carbons (Fsp3) is 0.364. The van der Waals surface area contributed by atoms with Crippen molar-refractivity contribution >= 4 is 39.2 Å². The van der Waals surface area contributed by atoms with E-state index in [0.29, 0.717) is 19.0 Å². The minimum atomic E-state index is -0.0682. The van der Waals surface area contributed by atoms with E-state index in [2.05, 4.69) is 30.2 Å². The van der Waals surface area contributed by atoms with Crippen LogP contribution in [0.25, 0.3) is 10.2 Å². The molecule has 2 aromatic carbocycles. The van der Waals surface area contributed by atoms with Crippen molar-refractivity contribution in [2.24, 2.45) is 5.92 Å². The van der Waals surface area contributed by atoms with E-state index in [4.69, 9.17) is 9.47 Å². The fourth-order valence-corrected chi connectivity index (χ4v) is 5.17. The molecule has 0 fully saturated rings. The van der Waals surface area contributed by atoms with Gasteiger partial charge >= 0.3 is 0 Å². The Balaban J connectivity index is 1.35. The van der Waals surface area contributed by atoms with Gasteiger partial charge in [0.15, 0.2) is 11.5 Å². The number of amides is 1. The number of nitrogens with one attached hydrogen (secondary N) is 1. The van der Waals surface area contributed by atoms with Crippen LogP contribution < -0.4 is 14.8 Å². The third kappa shape index (κ3) is 4.85. The first-order valence-corrected chi connectivity index (χ1v) is 11.7.